The van der Waals surface area contributed by atoms with Crippen LogP contribution in [-0.2, 0) is 6.54 Å². The van der Waals surface area contributed by atoms with Gasteiger partial charge in [0.25, 0.3) is 0 Å². The van der Waals surface area contributed by atoms with Gasteiger partial charge in [0.05, 0.1) is 12.6 Å². The van der Waals surface area contributed by atoms with Crippen LogP contribution in [0, 0.1) is 6.92 Å². The molecular formula is C14H18N2O2. The Morgan fingerprint density at radius 1 is 1.39 bits per heavy atom. The van der Waals surface area contributed by atoms with Crippen molar-refractivity contribution in [3.8, 4) is 0 Å². The molecule has 0 amide bonds. The van der Waals surface area contributed by atoms with Crippen LogP contribution in [-0.4, -0.2) is 17.1 Å². The Labute approximate surface area is 107 Å². The maximum atomic E-state index is 9.56. The number of anilines is 1. The maximum absolute atomic E-state index is 9.56. The fourth-order valence-corrected chi connectivity index (χ4v) is 1.79. The number of hydrogen-bond acceptors (Lipinski definition) is 4. The van der Waals surface area contributed by atoms with Crippen LogP contribution in [0.3, 0.4) is 0 Å². The van der Waals surface area contributed by atoms with Crippen molar-refractivity contribution in [2.24, 2.45) is 0 Å². The molecule has 0 bridgehead atoms. The predicted octanol–water partition coefficient (Wildman–Crippen LogP) is 2.67. The number of aliphatic hydroxyl groups is 1. The molecule has 4 heteroatoms. The van der Waals surface area contributed by atoms with Gasteiger partial charge in [0.2, 0.25) is 0 Å². The van der Waals surface area contributed by atoms with E-state index in [0.29, 0.717) is 6.54 Å². The van der Waals surface area contributed by atoms with Gasteiger partial charge in [-0.3, -0.25) is 0 Å². The summed E-state index contributed by atoms with van der Waals surface area (Å²) in [5.74, 6) is 2.63. The zero-order valence-corrected chi connectivity index (χ0v) is 10.9. The molecule has 0 spiro atoms. The lowest BCUT2D eigenvalue weighted by molar-refractivity contribution is 0.199. The molecule has 18 heavy (non-hydrogen) atoms. The summed E-state index contributed by atoms with van der Waals surface area (Å²) in [6.07, 6.45) is 1.23. The number of aliphatic hydroxyl groups excluding tert-OH is 1. The summed E-state index contributed by atoms with van der Waals surface area (Å²) in [5.41, 5.74) is 0.863. The molecule has 1 atom stereocenters. The number of aryl methyl sites for hydroxylation is 1. The van der Waals surface area contributed by atoms with Crippen LogP contribution in [0.4, 0.5) is 5.82 Å². The Morgan fingerprint density at radius 2 is 2.17 bits per heavy atom. The zero-order chi connectivity index (χ0) is 13.1. The van der Waals surface area contributed by atoms with E-state index >= 15 is 0 Å². The highest BCUT2D eigenvalue weighted by Crippen LogP contribution is 2.19. The first-order valence-corrected chi connectivity index (χ1v) is 5.96. The van der Waals surface area contributed by atoms with Crippen molar-refractivity contribution in [3.63, 3.8) is 0 Å². The summed E-state index contributed by atoms with van der Waals surface area (Å²) >= 11 is 0. The zero-order valence-electron chi connectivity index (χ0n) is 10.9. The van der Waals surface area contributed by atoms with Crippen LogP contribution in [0.15, 0.2) is 34.9 Å². The minimum Gasteiger partial charge on any atom is -0.464 e. The SMILES string of the molecule is Cc1ccc(CN(C)c2cc([C@H](C)O)ccn2)o1. The van der Waals surface area contributed by atoms with E-state index in [1.807, 2.05) is 43.1 Å². The van der Waals surface area contributed by atoms with Crippen LogP contribution in [0.5, 0.6) is 0 Å². The largest absolute Gasteiger partial charge is 0.464 e. The summed E-state index contributed by atoms with van der Waals surface area (Å²) in [6.45, 7) is 4.33. The normalized spacial score (nSPS) is 12.4. The Morgan fingerprint density at radius 3 is 2.78 bits per heavy atom. The van der Waals surface area contributed by atoms with Gasteiger partial charge in [0, 0.05) is 13.2 Å². The molecule has 0 fully saturated rings. The molecule has 2 aromatic rings. The van der Waals surface area contributed by atoms with Crippen molar-refractivity contribution in [2.75, 3.05) is 11.9 Å². The first-order chi connectivity index (χ1) is 8.56. The highest BCUT2D eigenvalue weighted by Gasteiger charge is 2.08. The van der Waals surface area contributed by atoms with Crippen molar-refractivity contribution < 1.29 is 9.52 Å². The topological polar surface area (TPSA) is 49.5 Å². The Kier molecular flexibility index (Phi) is 3.67. The quantitative estimate of drug-likeness (QED) is 0.901. The Hall–Kier alpha value is -1.81. The van der Waals surface area contributed by atoms with Crippen LogP contribution in [0.1, 0.15) is 30.1 Å². The van der Waals surface area contributed by atoms with Crippen LogP contribution >= 0.6 is 0 Å². The number of rotatable bonds is 4. The van der Waals surface area contributed by atoms with Gasteiger partial charge in [0.15, 0.2) is 0 Å². The van der Waals surface area contributed by atoms with Gasteiger partial charge in [-0.2, -0.15) is 0 Å². The van der Waals surface area contributed by atoms with Crippen molar-refractivity contribution in [3.05, 3.63) is 47.5 Å². The summed E-state index contributed by atoms with van der Waals surface area (Å²) in [7, 11) is 1.95. The van der Waals surface area contributed by atoms with E-state index in [9.17, 15) is 5.11 Å². The van der Waals surface area contributed by atoms with Gasteiger partial charge in [-0.05, 0) is 43.7 Å². The smallest absolute Gasteiger partial charge is 0.128 e. The molecule has 2 aromatic heterocycles. The van der Waals surface area contributed by atoms with Crippen molar-refractivity contribution in [1.29, 1.82) is 0 Å². The minimum atomic E-state index is -0.481. The number of nitrogens with zero attached hydrogens (tertiary/aromatic N) is 2. The number of furan rings is 1. The molecule has 0 saturated heterocycles. The van der Waals surface area contributed by atoms with Gasteiger partial charge >= 0.3 is 0 Å². The lowest BCUT2D eigenvalue weighted by Crippen LogP contribution is -2.17. The van der Waals surface area contributed by atoms with Crippen LogP contribution < -0.4 is 4.90 Å². The summed E-state index contributed by atoms with van der Waals surface area (Å²) in [6, 6.07) is 7.62. The number of aromatic nitrogens is 1. The molecule has 0 aliphatic carbocycles. The third-order valence-electron chi connectivity index (χ3n) is 2.83. The van der Waals surface area contributed by atoms with Crippen molar-refractivity contribution >= 4 is 5.82 Å². The molecule has 0 radical (unpaired) electrons. The molecule has 0 aliphatic heterocycles. The Balaban J connectivity index is 2.13. The maximum Gasteiger partial charge on any atom is 0.128 e. The molecule has 2 rings (SSSR count). The average Bonchev–Trinajstić information content (AvgIpc) is 2.75. The number of pyridine rings is 1. The standard InChI is InChI=1S/C14H18N2O2/c1-10-4-5-13(18-10)9-16(3)14-8-12(11(2)17)6-7-15-14/h4-8,11,17H,9H2,1-3H3/t11-/m0/s1. The molecular weight excluding hydrogens is 228 g/mol. The Bertz CT molecular complexity index is 520. The van der Waals surface area contributed by atoms with Crippen molar-refractivity contribution in [1.82, 2.24) is 4.98 Å². The lowest BCUT2D eigenvalue weighted by Gasteiger charge is -2.18. The van der Waals surface area contributed by atoms with Gasteiger partial charge in [-0.15, -0.1) is 0 Å². The second-order valence-electron chi connectivity index (χ2n) is 4.49. The van der Waals surface area contributed by atoms with E-state index in [-0.39, 0.29) is 0 Å². The van der Waals surface area contributed by atoms with Gasteiger partial charge < -0.3 is 14.4 Å². The molecule has 0 aliphatic rings. The third-order valence-corrected chi connectivity index (χ3v) is 2.83. The fraction of sp³-hybridized carbons (Fsp3) is 0.357. The average molecular weight is 246 g/mol. The van der Waals surface area contributed by atoms with Crippen LogP contribution in [0.25, 0.3) is 0 Å². The molecule has 1 N–H and O–H groups in total. The summed E-state index contributed by atoms with van der Waals surface area (Å²) < 4.78 is 5.53. The van der Waals surface area contributed by atoms with E-state index in [2.05, 4.69) is 4.98 Å². The van der Waals surface area contributed by atoms with E-state index in [0.717, 1.165) is 22.9 Å². The first-order valence-electron chi connectivity index (χ1n) is 5.96. The van der Waals surface area contributed by atoms with E-state index in [1.165, 1.54) is 0 Å². The monoisotopic (exact) mass is 246 g/mol. The molecule has 4 nitrogen and oxygen atoms in total. The second kappa shape index (κ2) is 5.23. The molecule has 0 saturated carbocycles. The third kappa shape index (κ3) is 2.90. The minimum absolute atomic E-state index is 0.481. The summed E-state index contributed by atoms with van der Waals surface area (Å²) in [4.78, 5) is 6.29. The van der Waals surface area contributed by atoms with Gasteiger partial charge in [-0.25, -0.2) is 4.98 Å². The van der Waals surface area contributed by atoms with E-state index < -0.39 is 6.10 Å². The molecule has 0 aromatic carbocycles. The number of hydrogen-bond donors (Lipinski definition) is 1. The molecule has 96 valence electrons. The highest BCUT2D eigenvalue weighted by molar-refractivity contribution is 5.41. The van der Waals surface area contributed by atoms with Crippen molar-refractivity contribution in [2.45, 2.75) is 26.5 Å². The van der Waals surface area contributed by atoms with Gasteiger partial charge in [0.1, 0.15) is 17.3 Å². The van der Waals surface area contributed by atoms with Gasteiger partial charge in [-0.1, -0.05) is 0 Å². The molecule has 2 heterocycles. The lowest BCUT2D eigenvalue weighted by atomic mass is 10.2. The predicted molar refractivity (Wildman–Crippen MR) is 70.4 cm³/mol. The molecule has 0 unspecified atom stereocenters. The fourth-order valence-electron chi connectivity index (χ4n) is 1.79. The van der Waals surface area contributed by atoms with E-state index in [4.69, 9.17) is 4.42 Å². The highest BCUT2D eigenvalue weighted by atomic mass is 16.3. The summed E-state index contributed by atoms with van der Waals surface area (Å²) in [5, 5.41) is 9.56. The van der Waals surface area contributed by atoms with Crippen LogP contribution in [0.2, 0.25) is 0 Å². The second-order valence-corrected chi connectivity index (χ2v) is 4.49. The van der Waals surface area contributed by atoms with E-state index in [1.54, 1.807) is 13.1 Å². The first kappa shape index (κ1) is 12.6.